The van der Waals surface area contributed by atoms with Gasteiger partial charge in [0.15, 0.2) is 0 Å². The maximum absolute atomic E-state index is 4.69. The van der Waals surface area contributed by atoms with Gasteiger partial charge >= 0.3 is 0 Å². The fourth-order valence-corrected chi connectivity index (χ4v) is 2.61. The highest BCUT2D eigenvalue weighted by Gasteiger charge is 2.21. The van der Waals surface area contributed by atoms with Crippen molar-refractivity contribution in [2.24, 2.45) is 0 Å². The molecule has 1 heterocycles. The maximum Gasteiger partial charge on any atom is 0.134 e. The molecule has 1 aromatic heterocycles. The zero-order chi connectivity index (χ0) is 13.0. The molecule has 0 radical (unpaired) electrons. The van der Waals surface area contributed by atoms with E-state index in [9.17, 15) is 0 Å². The standard InChI is InChI=1S/C14H24N4/c1-4-7-12-16-13(15-2)10-14(17-12)18(3)11-8-5-6-9-11/h10-11H,4-9H2,1-3H3,(H,15,16,17). The van der Waals surface area contributed by atoms with Crippen LogP contribution in [0, 0.1) is 0 Å². The highest BCUT2D eigenvalue weighted by molar-refractivity contribution is 5.49. The Morgan fingerprint density at radius 3 is 2.67 bits per heavy atom. The van der Waals surface area contributed by atoms with Crippen molar-refractivity contribution in [3.8, 4) is 0 Å². The highest BCUT2D eigenvalue weighted by Crippen LogP contribution is 2.26. The van der Waals surface area contributed by atoms with Gasteiger partial charge in [-0.05, 0) is 19.3 Å². The Morgan fingerprint density at radius 2 is 2.06 bits per heavy atom. The molecule has 1 aliphatic rings. The third-order valence-corrected chi connectivity index (χ3v) is 3.72. The molecular weight excluding hydrogens is 224 g/mol. The summed E-state index contributed by atoms with van der Waals surface area (Å²) in [5, 5.41) is 3.13. The Hall–Kier alpha value is -1.32. The maximum atomic E-state index is 4.69. The second-order valence-electron chi connectivity index (χ2n) is 5.08. The number of hydrogen-bond acceptors (Lipinski definition) is 4. The van der Waals surface area contributed by atoms with E-state index >= 15 is 0 Å². The Bertz CT molecular complexity index is 385. The summed E-state index contributed by atoms with van der Waals surface area (Å²) >= 11 is 0. The van der Waals surface area contributed by atoms with Gasteiger partial charge in [0, 0.05) is 32.6 Å². The summed E-state index contributed by atoms with van der Waals surface area (Å²) < 4.78 is 0. The van der Waals surface area contributed by atoms with E-state index in [2.05, 4.69) is 35.2 Å². The summed E-state index contributed by atoms with van der Waals surface area (Å²) in [6, 6.07) is 2.70. The van der Waals surface area contributed by atoms with E-state index < -0.39 is 0 Å². The summed E-state index contributed by atoms with van der Waals surface area (Å²) in [6.07, 6.45) is 7.30. The van der Waals surface area contributed by atoms with Crippen LogP contribution < -0.4 is 10.2 Å². The third kappa shape index (κ3) is 2.92. The molecule has 4 heteroatoms. The van der Waals surface area contributed by atoms with Crippen molar-refractivity contribution in [2.75, 3.05) is 24.3 Å². The molecule has 0 amide bonds. The molecular formula is C14H24N4. The van der Waals surface area contributed by atoms with Gasteiger partial charge in [0.2, 0.25) is 0 Å². The van der Waals surface area contributed by atoms with E-state index in [0.29, 0.717) is 6.04 Å². The van der Waals surface area contributed by atoms with Gasteiger partial charge in [0.1, 0.15) is 17.5 Å². The van der Waals surface area contributed by atoms with Crippen LogP contribution in [-0.4, -0.2) is 30.1 Å². The van der Waals surface area contributed by atoms with Gasteiger partial charge in [0.05, 0.1) is 0 Å². The van der Waals surface area contributed by atoms with E-state index in [0.717, 1.165) is 30.3 Å². The van der Waals surface area contributed by atoms with E-state index in [1.807, 2.05) is 7.05 Å². The number of aromatic nitrogens is 2. The van der Waals surface area contributed by atoms with Crippen LogP contribution in [0.25, 0.3) is 0 Å². The topological polar surface area (TPSA) is 41.1 Å². The van der Waals surface area contributed by atoms with E-state index in [1.165, 1.54) is 25.7 Å². The van der Waals surface area contributed by atoms with Gasteiger partial charge < -0.3 is 10.2 Å². The van der Waals surface area contributed by atoms with Crippen molar-refractivity contribution in [3.63, 3.8) is 0 Å². The van der Waals surface area contributed by atoms with Crippen LogP contribution >= 0.6 is 0 Å². The van der Waals surface area contributed by atoms with Crippen LogP contribution in [-0.2, 0) is 6.42 Å². The quantitative estimate of drug-likeness (QED) is 0.870. The van der Waals surface area contributed by atoms with Gasteiger partial charge in [-0.2, -0.15) is 0 Å². The molecule has 0 atom stereocenters. The third-order valence-electron chi connectivity index (χ3n) is 3.72. The normalized spacial score (nSPS) is 15.9. The van der Waals surface area contributed by atoms with Crippen molar-refractivity contribution in [2.45, 2.75) is 51.5 Å². The van der Waals surface area contributed by atoms with Crippen LogP contribution in [0.3, 0.4) is 0 Å². The largest absolute Gasteiger partial charge is 0.373 e. The molecule has 100 valence electrons. The Kier molecular flexibility index (Phi) is 4.39. The monoisotopic (exact) mass is 248 g/mol. The van der Waals surface area contributed by atoms with Crippen molar-refractivity contribution < 1.29 is 0 Å². The predicted molar refractivity (Wildman–Crippen MR) is 76.2 cm³/mol. The molecule has 18 heavy (non-hydrogen) atoms. The number of hydrogen-bond donors (Lipinski definition) is 1. The molecule has 2 rings (SSSR count). The first-order valence-electron chi connectivity index (χ1n) is 7.03. The average molecular weight is 248 g/mol. The van der Waals surface area contributed by atoms with Gasteiger partial charge in [-0.1, -0.05) is 19.8 Å². The second-order valence-corrected chi connectivity index (χ2v) is 5.08. The molecule has 1 aromatic rings. The molecule has 1 saturated carbocycles. The fraction of sp³-hybridized carbons (Fsp3) is 0.714. The molecule has 0 aliphatic heterocycles. The van der Waals surface area contributed by atoms with E-state index in [-0.39, 0.29) is 0 Å². The van der Waals surface area contributed by atoms with Gasteiger partial charge in [-0.3, -0.25) is 0 Å². The first-order valence-corrected chi connectivity index (χ1v) is 7.03. The smallest absolute Gasteiger partial charge is 0.134 e. The van der Waals surface area contributed by atoms with E-state index in [4.69, 9.17) is 4.98 Å². The predicted octanol–water partition coefficient (Wildman–Crippen LogP) is 2.85. The lowest BCUT2D eigenvalue weighted by atomic mass is 10.2. The Balaban J connectivity index is 2.21. The number of aryl methyl sites for hydroxylation is 1. The highest BCUT2D eigenvalue weighted by atomic mass is 15.2. The lowest BCUT2D eigenvalue weighted by molar-refractivity contribution is 0.643. The Labute approximate surface area is 110 Å². The first-order chi connectivity index (χ1) is 8.74. The van der Waals surface area contributed by atoms with Gasteiger partial charge in [-0.25, -0.2) is 9.97 Å². The number of rotatable bonds is 5. The van der Waals surface area contributed by atoms with Crippen molar-refractivity contribution in [1.82, 2.24) is 9.97 Å². The molecule has 0 aromatic carbocycles. The first kappa shape index (κ1) is 13.1. The lowest BCUT2D eigenvalue weighted by Crippen LogP contribution is -2.30. The van der Waals surface area contributed by atoms with Crippen LogP contribution in [0.15, 0.2) is 6.07 Å². The summed E-state index contributed by atoms with van der Waals surface area (Å²) in [7, 11) is 4.07. The van der Waals surface area contributed by atoms with E-state index in [1.54, 1.807) is 0 Å². The van der Waals surface area contributed by atoms with Crippen LogP contribution in [0.1, 0.15) is 44.9 Å². The van der Waals surface area contributed by atoms with Crippen LogP contribution in [0.2, 0.25) is 0 Å². The molecule has 0 unspecified atom stereocenters. The summed E-state index contributed by atoms with van der Waals surface area (Å²) in [5.74, 6) is 2.93. The minimum absolute atomic E-state index is 0.652. The number of nitrogens with zero attached hydrogens (tertiary/aromatic N) is 3. The molecule has 0 spiro atoms. The molecule has 0 bridgehead atoms. The van der Waals surface area contributed by atoms with Crippen molar-refractivity contribution >= 4 is 11.6 Å². The summed E-state index contributed by atoms with van der Waals surface area (Å²) in [5.41, 5.74) is 0. The zero-order valence-electron chi connectivity index (χ0n) is 11.7. The number of nitrogens with one attached hydrogen (secondary N) is 1. The molecule has 1 fully saturated rings. The average Bonchev–Trinajstić information content (AvgIpc) is 2.91. The molecule has 1 N–H and O–H groups in total. The minimum Gasteiger partial charge on any atom is -0.373 e. The molecule has 4 nitrogen and oxygen atoms in total. The summed E-state index contributed by atoms with van der Waals surface area (Å²) in [6.45, 7) is 2.16. The zero-order valence-corrected chi connectivity index (χ0v) is 11.7. The van der Waals surface area contributed by atoms with Gasteiger partial charge in [-0.15, -0.1) is 0 Å². The second kappa shape index (κ2) is 6.03. The summed E-state index contributed by atoms with van der Waals surface area (Å²) in [4.78, 5) is 11.5. The Morgan fingerprint density at radius 1 is 1.33 bits per heavy atom. The van der Waals surface area contributed by atoms with Crippen molar-refractivity contribution in [3.05, 3.63) is 11.9 Å². The molecule has 1 aliphatic carbocycles. The SMILES string of the molecule is CCCc1nc(NC)cc(N(C)C2CCCC2)n1. The number of anilines is 2. The minimum atomic E-state index is 0.652. The lowest BCUT2D eigenvalue weighted by Gasteiger charge is -2.26. The fourth-order valence-electron chi connectivity index (χ4n) is 2.61. The van der Waals surface area contributed by atoms with Gasteiger partial charge in [0.25, 0.3) is 0 Å². The molecule has 0 saturated heterocycles. The van der Waals surface area contributed by atoms with Crippen LogP contribution in [0.5, 0.6) is 0 Å². The van der Waals surface area contributed by atoms with Crippen molar-refractivity contribution in [1.29, 1.82) is 0 Å². The van der Waals surface area contributed by atoms with Crippen LogP contribution in [0.4, 0.5) is 11.6 Å².